The maximum absolute atomic E-state index is 12.6. The summed E-state index contributed by atoms with van der Waals surface area (Å²) in [4.78, 5) is 21.6. The van der Waals surface area contributed by atoms with Crippen molar-refractivity contribution >= 4 is 11.9 Å². The average molecular weight is 383 g/mol. The minimum Gasteiger partial charge on any atom is -0.356 e. The summed E-state index contributed by atoms with van der Waals surface area (Å²) in [5.41, 5.74) is 2.69. The molecule has 3 aliphatic rings. The van der Waals surface area contributed by atoms with Gasteiger partial charge in [0.25, 0.3) is 0 Å². The highest BCUT2D eigenvalue weighted by Gasteiger charge is 2.35. The number of benzene rings is 1. The number of rotatable bonds is 4. The highest BCUT2D eigenvalue weighted by atomic mass is 16.2. The Hall–Kier alpha value is -2.04. The first kappa shape index (κ1) is 19.3. The van der Waals surface area contributed by atoms with Gasteiger partial charge in [0.05, 0.1) is 0 Å². The minimum atomic E-state index is 0.276. The molecule has 0 spiro atoms. The fourth-order valence-electron chi connectivity index (χ4n) is 5.22. The molecule has 2 fully saturated rings. The lowest BCUT2D eigenvalue weighted by molar-refractivity contribution is -0.132. The lowest BCUT2D eigenvalue weighted by Gasteiger charge is -2.29. The predicted octanol–water partition coefficient (Wildman–Crippen LogP) is 3.05. The number of hydrogen-bond donors (Lipinski definition) is 1. The molecule has 5 heteroatoms. The van der Waals surface area contributed by atoms with Gasteiger partial charge in [-0.3, -0.25) is 9.79 Å². The number of guanidine groups is 1. The molecule has 2 aliphatic heterocycles. The van der Waals surface area contributed by atoms with Crippen LogP contribution in [0.1, 0.15) is 49.7 Å². The number of carbonyl (C=O) groups is 1. The van der Waals surface area contributed by atoms with Gasteiger partial charge in [-0.25, -0.2) is 0 Å². The second kappa shape index (κ2) is 8.97. The normalized spacial score (nSPS) is 24.7. The Labute approximate surface area is 169 Å². The molecule has 0 aromatic heterocycles. The molecular formula is C23H34N4O. The van der Waals surface area contributed by atoms with Crippen molar-refractivity contribution in [3.63, 3.8) is 0 Å². The third-order valence-electron chi connectivity index (χ3n) is 6.82. The Kier molecular flexibility index (Phi) is 6.18. The van der Waals surface area contributed by atoms with Crippen molar-refractivity contribution in [2.45, 2.75) is 51.5 Å². The van der Waals surface area contributed by atoms with Gasteiger partial charge in [0.15, 0.2) is 5.96 Å². The number of carbonyl (C=O) groups excluding carboxylic acids is 1. The van der Waals surface area contributed by atoms with Crippen molar-refractivity contribution in [2.75, 3.05) is 33.2 Å². The van der Waals surface area contributed by atoms with Gasteiger partial charge in [-0.1, -0.05) is 37.1 Å². The molecule has 152 valence electrons. The van der Waals surface area contributed by atoms with E-state index in [0.29, 0.717) is 6.42 Å². The van der Waals surface area contributed by atoms with Gasteiger partial charge in [0.2, 0.25) is 5.91 Å². The van der Waals surface area contributed by atoms with Crippen molar-refractivity contribution in [3.8, 4) is 0 Å². The van der Waals surface area contributed by atoms with Crippen LogP contribution >= 0.6 is 0 Å². The molecule has 0 radical (unpaired) electrons. The second-order valence-electron chi connectivity index (χ2n) is 8.62. The van der Waals surface area contributed by atoms with E-state index in [-0.39, 0.29) is 5.91 Å². The number of aliphatic imine (C=N–C) groups is 1. The van der Waals surface area contributed by atoms with Gasteiger partial charge < -0.3 is 15.1 Å². The zero-order valence-electron chi connectivity index (χ0n) is 17.2. The molecule has 1 aliphatic carbocycles. The van der Waals surface area contributed by atoms with Gasteiger partial charge >= 0.3 is 0 Å². The molecule has 1 amide bonds. The van der Waals surface area contributed by atoms with Crippen LogP contribution in [0, 0.1) is 11.8 Å². The van der Waals surface area contributed by atoms with Gasteiger partial charge in [-0.05, 0) is 48.6 Å². The number of hydrogen-bond acceptors (Lipinski definition) is 2. The number of likely N-dealkylation sites (tertiary alicyclic amines) is 1. The molecule has 28 heavy (non-hydrogen) atoms. The Morgan fingerprint density at radius 2 is 1.82 bits per heavy atom. The van der Waals surface area contributed by atoms with E-state index in [4.69, 9.17) is 0 Å². The second-order valence-corrected chi connectivity index (χ2v) is 8.62. The fourth-order valence-corrected chi connectivity index (χ4v) is 5.22. The molecule has 1 aromatic rings. The maximum Gasteiger partial charge on any atom is 0.222 e. The third-order valence-corrected chi connectivity index (χ3v) is 6.82. The van der Waals surface area contributed by atoms with Crippen LogP contribution in [0.3, 0.4) is 0 Å². The van der Waals surface area contributed by atoms with E-state index in [0.717, 1.165) is 63.4 Å². The molecule has 4 rings (SSSR count). The highest BCUT2D eigenvalue weighted by Crippen LogP contribution is 2.35. The van der Waals surface area contributed by atoms with Crippen LogP contribution in [0.4, 0.5) is 0 Å². The van der Waals surface area contributed by atoms with Crippen LogP contribution in [0.5, 0.6) is 0 Å². The first-order valence-corrected chi connectivity index (χ1v) is 11.0. The molecule has 1 saturated heterocycles. The Balaban J connectivity index is 1.19. The summed E-state index contributed by atoms with van der Waals surface area (Å²) < 4.78 is 0. The average Bonchev–Trinajstić information content (AvgIpc) is 3.17. The summed E-state index contributed by atoms with van der Waals surface area (Å²) in [6.07, 6.45) is 7.99. The van der Waals surface area contributed by atoms with Gasteiger partial charge in [-0.2, -0.15) is 0 Å². The van der Waals surface area contributed by atoms with Crippen LogP contribution in [0.15, 0.2) is 29.3 Å². The van der Waals surface area contributed by atoms with Crippen molar-refractivity contribution < 1.29 is 4.79 Å². The predicted molar refractivity (Wildman–Crippen MR) is 113 cm³/mol. The van der Waals surface area contributed by atoms with Crippen LogP contribution in [0.25, 0.3) is 0 Å². The van der Waals surface area contributed by atoms with Crippen molar-refractivity contribution in [1.82, 2.24) is 15.1 Å². The smallest absolute Gasteiger partial charge is 0.222 e. The summed E-state index contributed by atoms with van der Waals surface area (Å²) in [6, 6.07) is 8.48. The first-order chi connectivity index (χ1) is 13.7. The van der Waals surface area contributed by atoms with E-state index < -0.39 is 0 Å². The van der Waals surface area contributed by atoms with E-state index in [9.17, 15) is 4.79 Å². The molecule has 5 nitrogen and oxygen atoms in total. The Morgan fingerprint density at radius 1 is 1.11 bits per heavy atom. The van der Waals surface area contributed by atoms with E-state index >= 15 is 0 Å². The van der Waals surface area contributed by atoms with Gasteiger partial charge in [0.1, 0.15) is 0 Å². The van der Waals surface area contributed by atoms with Crippen LogP contribution in [-0.2, 0) is 17.8 Å². The van der Waals surface area contributed by atoms with E-state index in [1.54, 1.807) is 0 Å². The monoisotopic (exact) mass is 382 g/mol. The summed E-state index contributed by atoms with van der Waals surface area (Å²) in [6.45, 7) is 4.73. The quantitative estimate of drug-likeness (QED) is 0.495. The fraction of sp³-hybridized carbons (Fsp3) is 0.652. The third kappa shape index (κ3) is 4.34. The van der Waals surface area contributed by atoms with Crippen LogP contribution in [-0.4, -0.2) is 54.9 Å². The number of amides is 1. The lowest BCUT2D eigenvalue weighted by Crippen LogP contribution is -2.41. The summed E-state index contributed by atoms with van der Waals surface area (Å²) in [7, 11) is 1.88. The molecule has 2 heterocycles. The van der Waals surface area contributed by atoms with Gasteiger partial charge in [-0.15, -0.1) is 0 Å². The van der Waals surface area contributed by atoms with Crippen molar-refractivity contribution in [2.24, 2.45) is 16.8 Å². The molecule has 1 aromatic carbocycles. The van der Waals surface area contributed by atoms with Crippen LogP contribution < -0.4 is 5.32 Å². The van der Waals surface area contributed by atoms with Crippen LogP contribution in [0.2, 0.25) is 0 Å². The SMILES string of the molecule is CN=C(NCCCC(=O)N1CCc2ccccc2C1)N1CC2CCCCC2C1. The summed E-state index contributed by atoms with van der Waals surface area (Å²) in [5, 5.41) is 3.50. The maximum atomic E-state index is 12.6. The first-order valence-electron chi connectivity index (χ1n) is 11.0. The largest absolute Gasteiger partial charge is 0.356 e. The molecule has 1 saturated carbocycles. The van der Waals surface area contributed by atoms with Crippen molar-refractivity contribution in [1.29, 1.82) is 0 Å². The molecule has 2 atom stereocenters. The molecule has 2 unspecified atom stereocenters. The van der Waals surface area contributed by atoms with Gasteiger partial charge in [0, 0.05) is 46.2 Å². The van der Waals surface area contributed by atoms with Crippen molar-refractivity contribution in [3.05, 3.63) is 35.4 Å². The molecular weight excluding hydrogens is 348 g/mol. The zero-order chi connectivity index (χ0) is 19.3. The standard InChI is InChI=1S/C23H34N4O/c1-24-23(27-16-20-9-4-5-10-21(20)17-27)25-13-6-11-22(28)26-14-12-18-7-2-3-8-19(18)15-26/h2-3,7-8,20-21H,4-6,9-17H2,1H3,(H,24,25). The Bertz CT molecular complexity index is 702. The van der Waals surface area contributed by atoms with E-state index in [1.165, 1.54) is 36.8 Å². The minimum absolute atomic E-state index is 0.276. The van der Waals surface area contributed by atoms with E-state index in [2.05, 4.69) is 39.5 Å². The number of nitrogens with one attached hydrogen (secondary N) is 1. The zero-order valence-corrected chi connectivity index (χ0v) is 17.2. The highest BCUT2D eigenvalue weighted by molar-refractivity contribution is 5.80. The molecule has 0 bridgehead atoms. The molecule has 1 N–H and O–H groups in total. The van der Waals surface area contributed by atoms with E-state index in [1.807, 2.05) is 11.9 Å². The summed E-state index contributed by atoms with van der Waals surface area (Å²) in [5.74, 6) is 3.01. The summed E-state index contributed by atoms with van der Waals surface area (Å²) >= 11 is 0. The Morgan fingerprint density at radius 3 is 2.54 bits per heavy atom. The topological polar surface area (TPSA) is 47.9 Å². The number of fused-ring (bicyclic) bond motifs is 2. The lowest BCUT2D eigenvalue weighted by atomic mass is 9.82. The number of nitrogens with zero attached hydrogens (tertiary/aromatic N) is 3.